The highest BCUT2D eigenvalue weighted by Gasteiger charge is 2.19. The van der Waals surface area contributed by atoms with Crippen LogP contribution in [0.2, 0.25) is 0 Å². The van der Waals surface area contributed by atoms with Crippen molar-refractivity contribution in [3.05, 3.63) is 52.0 Å². The first-order valence-electron chi connectivity index (χ1n) is 7.44. The lowest BCUT2D eigenvalue weighted by Crippen LogP contribution is -2.35. The second-order valence-electron chi connectivity index (χ2n) is 5.22. The Bertz CT molecular complexity index is 598. The number of carbonyl (C=O) groups excluding carboxylic acids is 1. The quantitative estimate of drug-likeness (QED) is 0.787. The Balaban J connectivity index is 1.83. The van der Waals surface area contributed by atoms with Crippen LogP contribution in [-0.4, -0.2) is 28.9 Å². The van der Waals surface area contributed by atoms with Crippen molar-refractivity contribution < 1.29 is 9.53 Å². The number of carbonyl (C=O) groups is 1. The fourth-order valence-electron chi connectivity index (χ4n) is 2.08. The molecule has 0 saturated carbocycles. The molecule has 0 unspecified atom stereocenters. The molecule has 2 rings (SSSR count). The molecule has 0 aliphatic carbocycles. The summed E-state index contributed by atoms with van der Waals surface area (Å²) in [5.41, 5.74) is 2.00. The average molecular weight is 318 g/mol. The number of thiazole rings is 1. The Hall–Kier alpha value is -1.72. The highest BCUT2D eigenvalue weighted by molar-refractivity contribution is 7.09. The third kappa shape index (κ3) is 4.64. The third-order valence-corrected chi connectivity index (χ3v) is 4.41. The van der Waals surface area contributed by atoms with Gasteiger partial charge in [0.05, 0.1) is 23.9 Å². The number of amides is 1. The van der Waals surface area contributed by atoms with Gasteiger partial charge < -0.3 is 9.64 Å². The van der Waals surface area contributed by atoms with Gasteiger partial charge in [0.15, 0.2) is 0 Å². The van der Waals surface area contributed by atoms with Crippen molar-refractivity contribution in [2.75, 3.05) is 7.05 Å². The fourth-order valence-corrected chi connectivity index (χ4v) is 2.82. The highest BCUT2D eigenvalue weighted by Crippen LogP contribution is 2.13. The molecule has 1 aromatic carbocycles. The Morgan fingerprint density at radius 1 is 1.36 bits per heavy atom. The first kappa shape index (κ1) is 16.6. The van der Waals surface area contributed by atoms with E-state index >= 15 is 0 Å². The molecule has 0 spiro atoms. The maximum Gasteiger partial charge on any atom is 0.251 e. The van der Waals surface area contributed by atoms with E-state index in [1.807, 2.05) is 35.7 Å². The number of ether oxygens (including phenoxy) is 1. The van der Waals surface area contributed by atoms with Crippen LogP contribution in [0.25, 0.3) is 0 Å². The molecule has 1 atom stereocenters. The van der Waals surface area contributed by atoms with E-state index in [1.165, 1.54) is 0 Å². The fraction of sp³-hybridized carbons (Fsp3) is 0.412. The van der Waals surface area contributed by atoms with Crippen LogP contribution in [-0.2, 0) is 29.1 Å². The Labute approximate surface area is 135 Å². The lowest BCUT2D eigenvalue weighted by atomic mass is 10.2. The molecular weight excluding hydrogens is 296 g/mol. The molecule has 0 fully saturated rings. The van der Waals surface area contributed by atoms with Crippen LogP contribution >= 0.6 is 11.3 Å². The van der Waals surface area contributed by atoms with Crippen LogP contribution in [0.1, 0.15) is 30.1 Å². The van der Waals surface area contributed by atoms with E-state index in [1.54, 1.807) is 30.2 Å². The molecule has 0 radical (unpaired) electrons. The van der Waals surface area contributed by atoms with Gasteiger partial charge in [0.1, 0.15) is 6.10 Å². The van der Waals surface area contributed by atoms with Crippen molar-refractivity contribution >= 4 is 17.2 Å². The van der Waals surface area contributed by atoms with Crippen LogP contribution in [0, 0.1) is 0 Å². The van der Waals surface area contributed by atoms with E-state index in [4.69, 9.17) is 4.74 Å². The molecule has 1 aromatic heterocycles. The molecule has 0 bridgehead atoms. The SMILES string of the molecule is CCc1nc(CN(C)C(=O)[C@H](C)OCc2ccccc2)cs1. The summed E-state index contributed by atoms with van der Waals surface area (Å²) in [7, 11) is 1.79. The molecule has 0 aliphatic rings. The number of likely N-dealkylation sites (N-methyl/N-ethyl adjacent to an activating group) is 1. The van der Waals surface area contributed by atoms with Gasteiger partial charge in [0.25, 0.3) is 5.91 Å². The monoisotopic (exact) mass is 318 g/mol. The van der Waals surface area contributed by atoms with E-state index in [0.717, 1.165) is 22.7 Å². The van der Waals surface area contributed by atoms with E-state index < -0.39 is 6.10 Å². The third-order valence-electron chi connectivity index (χ3n) is 3.37. The number of nitrogens with zero attached hydrogens (tertiary/aromatic N) is 2. The van der Waals surface area contributed by atoms with Gasteiger partial charge in [-0.05, 0) is 18.9 Å². The summed E-state index contributed by atoms with van der Waals surface area (Å²) in [5.74, 6) is -0.0259. The second kappa shape index (κ2) is 8.06. The van der Waals surface area contributed by atoms with Gasteiger partial charge in [-0.3, -0.25) is 4.79 Å². The standard InChI is InChI=1S/C17H22N2O2S/c1-4-16-18-15(12-22-16)10-19(3)17(20)13(2)21-11-14-8-6-5-7-9-14/h5-9,12-13H,4,10-11H2,1-3H3/t13-/m0/s1. The Morgan fingerprint density at radius 3 is 2.73 bits per heavy atom. The summed E-state index contributed by atoms with van der Waals surface area (Å²) in [4.78, 5) is 18.5. The van der Waals surface area contributed by atoms with E-state index in [0.29, 0.717) is 13.2 Å². The van der Waals surface area contributed by atoms with E-state index in [2.05, 4.69) is 11.9 Å². The summed E-state index contributed by atoms with van der Waals surface area (Å²) >= 11 is 1.64. The lowest BCUT2D eigenvalue weighted by Gasteiger charge is -2.21. The normalized spacial score (nSPS) is 12.1. The molecule has 0 saturated heterocycles. The van der Waals surface area contributed by atoms with Gasteiger partial charge in [-0.15, -0.1) is 11.3 Å². The number of hydrogen-bond donors (Lipinski definition) is 0. The van der Waals surface area contributed by atoms with Crippen LogP contribution in [0.5, 0.6) is 0 Å². The van der Waals surface area contributed by atoms with Crippen molar-refractivity contribution in [3.63, 3.8) is 0 Å². The molecule has 22 heavy (non-hydrogen) atoms. The van der Waals surface area contributed by atoms with Gasteiger partial charge in [0.2, 0.25) is 0 Å². The zero-order valence-corrected chi connectivity index (χ0v) is 14.1. The smallest absolute Gasteiger partial charge is 0.251 e. The van der Waals surface area contributed by atoms with Gasteiger partial charge in [-0.1, -0.05) is 37.3 Å². The van der Waals surface area contributed by atoms with Crippen molar-refractivity contribution in [2.45, 2.75) is 39.5 Å². The molecule has 0 aliphatic heterocycles. The molecule has 118 valence electrons. The summed E-state index contributed by atoms with van der Waals surface area (Å²) in [6.45, 7) is 4.84. The van der Waals surface area contributed by atoms with Crippen molar-refractivity contribution in [1.29, 1.82) is 0 Å². The number of aromatic nitrogens is 1. The first-order chi connectivity index (χ1) is 10.6. The van der Waals surface area contributed by atoms with Crippen LogP contribution in [0.3, 0.4) is 0 Å². The molecule has 2 aromatic rings. The molecular formula is C17H22N2O2S. The molecule has 5 heteroatoms. The lowest BCUT2D eigenvalue weighted by molar-refractivity contribution is -0.142. The average Bonchev–Trinajstić information content (AvgIpc) is 3.00. The van der Waals surface area contributed by atoms with Gasteiger partial charge >= 0.3 is 0 Å². The van der Waals surface area contributed by atoms with Gasteiger partial charge in [-0.25, -0.2) is 4.98 Å². The van der Waals surface area contributed by atoms with Crippen LogP contribution in [0.15, 0.2) is 35.7 Å². The first-order valence-corrected chi connectivity index (χ1v) is 8.32. The molecule has 1 amide bonds. The van der Waals surface area contributed by atoms with Crippen LogP contribution < -0.4 is 0 Å². The van der Waals surface area contributed by atoms with Gasteiger partial charge in [0, 0.05) is 12.4 Å². The molecule has 4 nitrogen and oxygen atoms in total. The number of aryl methyl sites for hydroxylation is 1. The highest BCUT2D eigenvalue weighted by atomic mass is 32.1. The minimum absolute atomic E-state index is 0.0259. The largest absolute Gasteiger partial charge is 0.364 e. The maximum atomic E-state index is 12.3. The van der Waals surface area contributed by atoms with Crippen LogP contribution in [0.4, 0.5) is 0 Å². The predicted octanol–water partition coefficient (Wildman–Crippen LogP) is 3.27. The summed E-state index contributed by atoms with van der Waals surface area (Å²) in [6.07, 6.45) is 0.466. The number of benzene rings is 1. The van der Waals surface area contributed by atoms with Crippen molar-refractivity contribution in [3.8, 4) is 0 Å². The van der Waals surface area contributed by atoms with Gasteiger partial charge in [-0.2, -0.15) is 0 Å². The summed E-state index contributed by atoms with van der Waals surface area (Å²) in [5, 5.41) is 3.11. The zero-order valence-electron chi connectivity index (χ0n) is 13.3. The minimum atomic E-state index is -0.463. The summed E-state index contributed by atoms with van der Waals surface area (Å²) < 4.78 is 5.67. The zero-order chi connectivity index (χ0) is 15.9. The molecule has 1 heterocycles. The number of rotatable bonds is 7. The van der Waals surface area contributed by atoms with Crippen molar-refractivity contribution in [2.24, 2.45) is 0 Å². The Kier molecular flexibility index (Phi) is 6.10. The van der Waals surface area contributed by atoms with E-state index in [-0.39, 0.29) is 5.91 Å². The second-order valence-corrected chi connectivity index (χ2v) is 6.16. The van der Waals surface area contributed by atoms with Crippen molar-refractivity contribution in [1.82, 2.24) is 9.88 Å². The topological polar surface area (TPSA) is 42.4 Å². The summed E-state index contributed by atoms with van der Waals surface area (Å²) in [6, 6.07) is 9.87. The van der Waals surface area contributed by atoms with E-state index in [9.17, 15) is 4.79 Å². The minimum Gasteiger partial charge on any atom is -0.364 e. The number of hydrogen-bond acceptors (Lipinski definition) is 4. The predicted molar refractivity (Wildman–Crippen MR) is 88.7 cm³/mol. The maximum absolute atomic E-state index is 12.3. The Morgan fingerprint density at radius 2 is 2.09 bits per heavy atom. The molecule has 0 N–H and O–H groups in total.